The molecule has 26 heavy (non-hydrogen) atoms. The van der Waals surface area contributed by atoms with Crippen LogP contribution in [0.25, 0.3) is 11.0 Å². The van der Waals surface area contributed by atoms with Gasteiger partial charge in [0.25, 0.3) is 0 Å². The van der Waals surface area contributed by atoms with Crippen molar-refractivity contribution in [2.75, 3.05) is 0 Å². The number of rotatable bonds is 5. The summed E-state index contributed by atoms with van der Waals surface area (Å²) in [4.78, 5) is 28.4. The maximum absolute atomic E-state index is 12.6. The highest BCUT2D eigenvalue weighted by molar-refractivity contribution is 5.90. The molecule has 0 spiro atoms. The Morgan fingerprint density at radius 2 is 1.81 bits per heavy atom. The Morgan fingerprint density at radius 3 is 2.46 bits per heavy atom. The number of carbonyl (C=O) groups excluding carboxylic acids is 1. The monoisotopic (exact) mass is 349 g/mol. The number of benzene rings is 2. The van der Waals surface area contributed by atoms with Crippen LogP contribution in [0.3, 0.4) is 0 Å². The fourth-order valence-corrected chi connectivity index (χ4v) is 3.37. The molecule has 1 amide bonds. The molecule has 0 radical (unpaired) electrons. The molecule has 0 unspecified atom stereocenters. The summed E-state index contributed by atoms with van der Waals surface area (Å²) in [5, 5.41) is 12.1. The first-order valence-corrected chi connectivity index (χ1v) is 8.55. The van der Waals surface area contributed by atoms with Crippen molar-refractivity contribution < 1.29 is 14.7 Å². The lowest BCUT2D eigenvalue weighted by molar-refractivity contribution is -0.140. The smallest absolute Gasteiger partial charge is 0.307 e. The van der Waals surface area contributed by atoms with Crippen LogP contribution in [0, 0.1) is 11.8 Å². The van der Waals surface area contributed by atoms with Gasteiger partial charge in [0.1, 0.15) is 11.9 Å². The van der Waals surface area contributed by atoms with Crippen molar-refractivity contribution in [3.8, 4) is 0 Å². The lowest BCUT2D eigenvalue weighted by Gasteiger charge is -2.19. The van der Waals surface area contributed by atoms with E-state index in [1.54, 1.807) is 0 Å². The molecule has 0 saturated heterocycles. The van der Waals surface area contributed by atoms with Crippen molar-refractivity contribution in [3.63, 3.8) is 0 Å². The van der Waals surface area contributed by atoms with E-state index in [1.807, 2.05) is 66.2 Å². The van der Waals surface area contributed by atoms with E-state index in [9.17, 15) is 9.59 Å². The molecule has 1 heterocycles. The number of imidazole rings is 1. The molecule has 1 aliphatic rings. The first-order chi connectivity index (χ1) is 12.6. The van der Waals surface area contributed by atoms with Crippen LogP contribution < -0.4 is 5.32 Å². The highest BCUT2D eigenvalue weighted by Gasteiger charge is 2.48. The number of aryl methyl sites for hydroxylation is 1. The second kappa shape index (κ2) is 6.29. The van der Waals surface area contributed by atoms with Gasteiger partial charge in [-0.1, -0.05) is 42.5 Å². The molecule has 2 aromatic carbocycles. The van der Waals surface area contributed by atoms with Crippen LogP contribution in [0.2, 0.25) is 0 Å². The molecule has 6 nitrogen and oxygen atoms in total. The summed E-state index contributed by atoms with van der Waals surface area (Å²) in [6.45, 7) is 0. The zero-order valence-electron chi connectivity index (χ0n) is 14.3. The van der Waals surface area contributed by atoms with Crippen LogP contribution in [0.5, 0.6) is 0 Å². The number of hydrogen-bond donors (Lipinski definition) is 2. The van der Waals surface area contributed by atoms with Crippen LogP contribution in [-0.4, -0.2) is 26.5 Å². The average Bonchev–Trinajstić information content (AvgIpc) is 3.40. The minimum absolute atomic E-state index is 0.238. The molecule has 1 fully saturated rings. The molecule has 2 N–H and O–H groups in total. The van der Waals surface area contributed by atoms with E-state index in [1.165, 1.54) is 0 Å². The Labute approximate surface area is 150 Å². The van der Waals surface area contributed by atoms with Gasteiger partial charge in [-0.3, -0.25) is 9.59 Å². The van der Waals surface area contributed by atoms with Crippen molar-refractivity contribution in [1.29, 1.82) is 0 Å². The number of carboxylic acids is 1. The molecule has 0 bridgehead atoms. The molecule has 3 atom stereocenters. The van der Waals surface area contributed by atoms with Crippen LogP contribution in [0.4, 0.5) is 0 Å². The van der Waals surface area contributed by atoms with Crippen LogP contribution in [-0.2, 0) is 16.6 Å². The maximum atomic E-state index is 12.6. The number of nitrogens with zero attached hydrogens (tertiary/aromatic N) is 2. The summed E-state index contributed by atoms with van der Waals surface area (Å²) >= 11 is 0. The fourth-order valence-electron chi connectivity index (χ4n) is 3.37. The Morgan fingerprint density at radius 1 is 1.12 bits per heavy atom. The zero-order chi connectivity index (χ0) is 18.3. The van der Waals surface area contributed by atoms with Gasteiger partial charge in [0.05, 0.1) is 22.9 Å². The largest absolute Gasteiger partial charge is 0.481 e. The third-order valence-corrected chi connectivity index (χ3v) is 4.94. The van der Waals surface area contributed by atoms with E-state index in [-0.39, 0.29) is 5.91 Å². The number of hydrogen-bond acceptors (Lipinski definition) is 3. The van der Waals surface area contributed by atoms with Crippen molar-refractivity contribution >= 4 is 22.9 Å². The van der Waals surface area contributed by atoms with Gasteiger partial charge >= 0.3 is 5.97 Å². The minimum atomic E-state index is -0.913. The Hall–Kier alpha value is -3.15. The number of fused-ring (bicyclic) bond motifs is 1. The predicted molar refractivity (Wildman–Crippen MR) is 96.4 cm³/mol. The standard InChI is InChI=1S/C20H19N3O3/c1-23-16-10-6-5-9-15(16)21-18(23)17(12-7-3-2-4-8-12)22-19(24)13-11-14(13)20(25)26/h2-10,13-14,17H,11H2,1H3,(H,22,24)(H,25,26)/t13-,14-,17+/m0/s1. The van der Waals surface area contributed by atoms with E-state index < -0.39 is 23.8 Å². The summed E-state index contributed by atoms with van der Waals surface area (Å²) < 4.78 is 1.97. The number of nitrogens with one attached hydrogen (secondary N) is 1. The molecule has 1 aromatic heterocycles. The Bertz CT molecular complexity index is 980. The van der Waals surface area contributed by atoms with Gasteiger partial charge in [0.15, 0.2) is 0 Å². The number of para-hydroxylation sites is 2. The van der Waals surface area contributed by atoms with Crippen molar-refractivity contribution in [2.45, 2.75) is 12.5 Å². The van der Waals surface area contributed by atoms with Crippen molar-refractivity contribution in [1.82, 2.24) is 14.9 Å². The topological polar surface area (TPSA) is 84.2 Å². The highest BCUT2D eigenvalue weighted by Crippen LogP contribution is 2.39. The number of carbonyl (C=O) groups is 2. The van der Waals surface area contributed by atoms with E-state index in [4.69, 9.17) is 10.1 Å². The third-order valence-electron chi connectivity index (χ3n) is 4.94. The summed E-state index contributed by atoms with van der Waals surface area (Å²) in [5.41, 5.74) is 2.74. The van der Waals surface area contributed by atoms with E-state index >= 15 is 0 Å². The van der Waals surface area contributed by atoms with E-state index in [0.717, 1.165) is 22.4 Å². The Balaban J connectivity index is 1.70. The second-order valence-corrected chi connectivity index (χ2v) is 6.66. The molecule has 1 saturated carbocycles. The normalized spacial score (nSPS) is 19.9. The van der Waals surface area contributed by atoms with Gasteiger partial charge in [-0.15, -0.1) is 0 Å². The minimum Gasteiger partial charge on any atom is -0.481 e. The molecule has 6 heteroatoms. The fraction of sp³-hybridized carbons (Fsp3) is 0.250. The van der Waals surface area contributed by atoms with Gasteiger partial charge in [0.2, 0.25) is 5.91 Å². The molecular weight excluding hydrogens is 330 g/mol. The molecule has 0 aliphatic heterocycles. The van der Waals surface area contributed by atoms with Crippen molar-refractivity contribution in [2.24, 2.45) is 18.9 Å². The molecule has 3 aromatic rings. The van der Waals surface area contributed by atoms with Gasteiger partial charge in [0, 0.05) is 7.05 Å². The van der Waals surface area contributed by atoms with Crippen LogP contribution in [0.15, 0.2) is 54.6 Å². The first kappa shape index (κ1) is 16.3. The number of aliphatic carboxylic acids is 1. The van der Waals surface area contributed by atoms with Gasteiger partial charge in [-0.2, -0.15) is 0 Å². The molecule has 4 rings (SSSR count). The van der Waals surface area contributed by atoms with E-state index in [2.05, 4.69) is 5.32 Å². The number of carboxylic acid groups (broad SMARTS) is 1. The first-order valence-electron chi connectivity index (χ1n) is 8.55. The SMILES string of the molecule is Cn1c([C@H](NC(=O)[C@H]2C[C@@H]2C(=O)O)c2ccccc2)nc2ccccc21. The second-order valence-electron chi connectivity index (χ2n) is 6.66. The molecular formula is C20H19N3O3. The number of amides is 1. The molecule has 132 valence electrons. The van der Waals surface area contributed by atoms with Crippen molar-refractivity contribution in [3.05, 3.63) is 66.0 Å². The predicted octanol–water partition coefficient (Wildman–Crippen LogP) is 2.50. The maximum Gasteiger partial charge on any atom is 0.307 e. The lowest BCUT2D eigenvalue weighted by Crippen LogP contribution is -2.33. The zero-order valence-corrected chi connectivity index (χ0v) is 14.3. The summed E-state index contributed by atoms with van der Waals surface area (Å²) in [5.74, 6) is -1.47. The van der Waals surface area contributed by atoms with Gasteiger partial charge in [-0.25, -0.2) is 4.98 Å². The van der Waals surface area contributed by atoms with Crippen LogP contribution in [0.1, 0.15) is 23.9 Å². The molecule has 1 aliphatic carbocycles. The highest BCUT2D eigenvalue weighted by atomic mass is 16.4. The lowest BCUT2D eigenvalue weighted by atomic mass is 10.1. The van der Waals surface area contributed by atoms with Gasteiger partial charge in [-0.05, 0) is 24.1 Å². The number of aromatic nitrogens is 2. The van der Waals surface area contributed by atoms with E-state index in [0.29, 0.717) is 6.42 Å². The summed E-state index contributed by atoms with van der Waals surface area (Å²) in [6, 6.07) is 17.0. The summed E-state index contributed by atoms with van der Waals surface area (Å²) in [6.07, 6.45) is 0.394. The van der Waals surface area contributed by atoms with Crippen LogP contribution >= 0.6 is 0 Å². The average molecular weight is 349 g/mol. The third kappa shape index (κ3) is 2.83. The van der Waals surface area contributed by atoms with Gasteiger partial charge < -0.3 is 15.0 Å². The summed E-state index contributed by atoms with van der Waals surface area (Å²) in [7, 11) is 1.92. The quantitative estimate of drug-likeness (QED) is 0.741. The Kier molecular flexibility index (Phi) is 3.95.